The molecule has 3 aromatic rings. The molecule has 0 bridgehead atoms. The predicted octanol–water partition coefficient (Wildman–Crippen LogP) is 5.05. The van der Waals surface area contributed by atoms with Gasteiger partial charge < -0.3 is 4.74 Å². The first kappa shape index (κ1) is 20.8. The van der Waals surface area contributed by atoms with Crippen molar-refractivity contribution in [3.8, 4) is 5.75 Å². The van der Waals surface area contributed by atoms with Gasteiger partial charge in [0, 0.05) is 0 Å². The Bertz CT molecular complexity index is 1190. The van der Waals surface area contributed by atoms with Crippen molar-refractivity contribution in [3.63, 3.8) is 0 Å². The van der Waals surface area contributed by atoms with Crippen LogP contribution in [-0.4, -0.2) is 25.0 Å². The van der Waals surface area contributed by atoms with Crippen molar-refractivity contribution in [2.45, 2.75) is 12.1 Å². The van der Waals surface area contributed by atoms with E-state index in [0.29, 0.717) is 16.5 Å². The summed E-state index contributed by atoms with van der Waals surface area (Å²) in [5, 5.41) is 2.26. The molecule has 0 N–H and O–H groups in total. The number of ether oxygens (including phenoxy) is 1. The summed E-state index contributed by atoms with van der Waals surface area (Å²) in [6.45, 7) is 0. The average molecular weight is 469 g/mol. The summed E-state index contributed by atoms with van der Waals surface area (Å²) in [5.41, 5.74) is 1.95. The zero-order chi connectivity index (χ0) is 22.4. The van der Waals surface area contributed by atoms with Crippen molar-refractivity contribution >= 4 is 46.4 Å². The molecular weight excluding hydrogens is 451 g/mol. The van der Waals surface area contributed by atoms with Gasteiger partial charge in [0.25, 0.3) is 5.91 Å². The van der Waals surface area contributed by atoms with E-state index in [1.165, 1.54) is 6.07 Å². The molecule has 2 fully saturated rings. The lowest BCUT2D eigenvalue weighted by atomic mass is 9.90. The number of methoxy groups -OCH3 is 1. The molecule has 8 heteroatoms. The van der Waals surface area contributed by atoms with E-state index in [9.17, 15) is 9.59 Å². The number of hydrogen-bond donors (Lipinski definition) is 0. The molecule has 6 nitrogen and oxygen atoms in total. The number of para-hydroxylation sites is 1. The molecular formula is C24H18Cl2N2O4. The Kier molecular flexibility index (Phi) is 5.29. The summed E-state index contributed by atoms with van der Waals surface area (Å²) < 4.78 is 5.27. The average Bonchev–Trinajstić information content (AvgIpc) is 3.32. The van der Waals surface area contributed by atoms with E-state index in [1.54, 1.807) is 24.3 Å². The molecule has 2 aliphatic rings. The summed E-state index contributed by atoms with van der Waals surface area (Å²) in [7, 11) is 1.59. The Morgan fingerprint density at radius 2 is 1.56 bits per heavy atom. The quantitative estimate of drug-likeness (QED) is 0.501. The number of hydroxylamine groups is 1. The SMILES string of the molecule is COc1ccc([C@@H]2[C@@H]3C(=O)N(c4ccc(Cl)c(Cl)c4)C(=O)[C@H]3ON2c2ccccc2)cc1. The minimum Gasteiger partial charge on any atom is -0.497 e. The maximum Gasteiger partial charge on any atom is 0.266 e. The molecule has 162 valence electrons. The summed E-state index contributed by atoms with van der Waals surface area (Å²) in [6.07, 6.45) is -0.954. The van der Waals surface area contributed by atoms with Crippen LogP contribution in [-0.2, 0) is 14.4 Å². The number of fused-ring (bicyclic) bond motifs is 1. The van der Waals surface area contributed by atoms with E-state index < -0.39 is 24.0 Å². The van der Waals surface area contributed by atoms with E-state index in [2.05, 4.69) is 0 Å². The lowest BCUT2D eigenvalue weighted by molar-refractivity contribution is -0.126. The van der Waals surface area contributed by atoms with Crippen LogP contribution in [0.3, 0.4) is 0 Å². The number of anilines is 2. The molecule has 5 rings (SSSR count). The molecule has 0 radical (unpaired) electrons. The largest absolute Gasteiger partial charge is 0.497 e. The van der Waals surface area contributed by atoms with Crippen LogP contribution in [0.5, 0.6) is 5.75 Å². The number of hydrogen-bond acceptors (Lipinski definition) is 5. The van der Waals surface area contributed by atoms with Crippen molar-refractivity contribution in [2.75, 3.05) is 17.1 Å². The third kappa shape index (κ3) is 3.32. The minimum atomic E-state index is -0.954. The van der Waals surface area contributed by atoms with Crippen molar-refractivity contribution in [1.82, 2.24) is 0 Å². The Hall–Kier alpha value is -3.06. The van der Waals surface area contributed by atoms with Crippen molar-refractivity contribution in [3.05, 3.63) is 88.4 Å². The fraction of sp³-hybridized carbons (Fsp3) is 0.167. The fourth-order valence-electron chi connectivity index (χ4n) is 4.23. The van der Waals surface area contributed by atoms with Gasteiger partial charge in [-0.1, -0.05) is 53.5 Å². The second kappa shape index (κ2) is 8.13. The van der Waals surface area contributed by atoms with Crippen molar-refractivity contribution in [1.29, 1.82) is 0 Å². The van der Waals surface area contributed by atoms with Gasteiger partial charge in [-0.2, -0.15) is 0 Å². The highest BCUT2D eigenvalue weighted by Crippen LogP contribution is 2.48. The Morgan fingerprint density at radius 3 is 2.22 bits per heavy atom. The van der Waals surface area contributed by atoms with Gasteiger partial charge in [0.05, 0.1) is 34.6 Å². The van der Waals surface area contributed by atoms with Crippen LogP contribution in [0.15, 0.2) is 72.8 Å². The molecule has 2 heterocycles. The lowest BCUT2D eigenvalue weighted by Crippen LogP contribution is -2.37. The van der Waals surface area contributed by atoms with E-state index in [0.717, 1.165) is 16.2 Å². The highest BCUT2D eigenvalue weighted by Gasteiger charge is 2.60. The highest BCUT2D eigenvalue weighted by atomic mass is 35.5. The normalized spacial score (nSPS) is 22.4. The van der Waals surface area contributed by atoms with Crippen LogP contribution in [0.25, 0.3) is 0 Å². The molecule has 3 aromatic carbocycles. The Labute approximate surface area is 194 Å². The first-order valence-electron chi connectivity index (χ1n) is 9.97. The summed E-state index contributed by atoms with van der Waals surface area (Å²) in [6, 6.07) is 21.0. The topological polar surface area (TPSA) is 59.1 Å². The van der Waals surface area contributed by atoms with Gasteiger partial charge in [-0.05, 0) is 48.0 Å². The number of benzene rings is 3. The number of amides is 2. The van der Waals surface area contributed by atoms with Crippen molar-refractivity contribution < 1.29 is 19.2 Å². The van der Waals surface area contributed by atoms with Crippen LogP contribution in [0.2, 0.25) is 10.0 Å². The summed E-state index contributed by atoms with van der Waals surface area (Å²) in [4.78, 5) is 34.1. The van der Waals surface area contributed by atoms with Crippen molar-refractivity contribution in [2.24, 2.45) is 5.92 Å². The highest BCUT2D eigenvalue weighted by molar-refractivity contribution is 6.42. The molecule has 0 spiro atoms. The van der Waals surface area contributed by atoms with Gasteiger partial charge in [0.1, 0.15) is 11.7 Å². The number of halogens is 2. The van der Waals surface area contributed by atoms with Gasteiger partial charge in [-0.15, -0.1) is 0 Å². The third-order valence-electron chi connectivity index (χ3n) is 5.74. The Balaban J connectivity index is 1.57. The van der Waals surface area contributed by atoms with Gasteiger partial charge in [-0.3, -0.25) is 14.4 Å². The number of carbonyl (C=O) groups is 2. The zero-order valence-corrected chi connectivity index (χ0v) is 18.5. The minimum absolute atomic E-state index is 0.264. The van der Waals surface area contributed by atoms with E-state index in [4.69, 9.17) is 32.8 Å². The van der Waals surface area contributed by atoms with Crippen LogP contribution in [0.1, 0.15) is 11.6 Å². The number of rotatable bonds is 4. The van der Waals surface area contributed by atoms with Crippen LogP contribution in [0, 0.1) is 5.92 Å². The first-order chi connectivity index (χ1) is 15.5. The van der Waals surface area contributed by atoms with E-state index >= 15 is 0 Å². The molecule has 2 amide bonds. The molecule has 32 heavy (non-hydrogen) atoms. The predicted molar refractivity (Wildman–Crippen MR) is 122 cm³/mol. The summed E-state index contributed by atoms with van der Waals surface area (Å²) >= 11 is 12.1. The zero-order valence-electron chi connectivity index (χ0n) is 16.9. The molecule has 0 unspecified atom stereocenters. The molecule has 0 saturated carbocycles. The van der Waals surface area contributed by atoms with Crippen LogP contribution < -0.4 is 14.7 Å². The maximum atomic E-state index is 13.6. The number of carbonyl (C=O) groups excluding carboxylic acids is 2. The Morgan fingerprint density at radius 1 is 0.844 bits per heavy atom. The summed E-state index contributed by atoms with van der Waals surface area (Å²) in [5.74, 6) is -0.819. The molecule has 0 aliphatic carbocycles. The standard InChI is InChI=1S/C24H18Cl2N2O4/c1-31-17-10-7-14(8-11-17)21-20-22(32-28(21)15-5-3-2-4-6-15)24(30)27(23(20)29)16-9-12-18(25)19(26)13-16/h2-13,20-22H,1H3/t20-,21+,22-/m0/s1. The monoisotopic (exact) mass is 468 g/mol. The number of nitrogens with zero attached hydrogens (tertiary/aromatic N) is 2. The van der Waals surface area contributed by atoms with E-state index in [-0.39, 0.29) is 10.9 Å². The smallest absolute Gasteiger partial charge is 0.266 e. The van der Waals surface area contributed by atoms with Crippen LogP contribution >= 0.6 is 23.2 Å². The maximum absolute atomic E-state index is 13.6. The fourth-order valence-corrected chi connectivity index (χ4v) is 4.52. The second-order valence-electron chi connectivity index (χ2n) is 7.54. The van der Waals surface area contributed by atoms with E-state index in [1.807, 2.05) is 54.6 Å². The molecule has 2 saturated heterocycles. The second-order valence-corrected chi connectivity index (χ2v) is 8.36. The first-order valence-corrected chi connectivity index (χ1v) is 10.7. The molecule has 3 atom stereocenters. The molecule has 2 aliphatic heterocycles. The van der Waals surface area contributed by atoms with Gasteiger partial charge in [0.15, 0.2) is 6.10 Å². The molecule has 0 aromatic heterocycles. The lowest BCUT2D eigenvalue weighted by Gasteiger charge is -2.28. The number of imide groups is 1. The van der Waals surface area contributed by atoms with Gasteiger partial charge >= 0.3 is 0 Å². The van der Waals surface area contributed by atoms with Gasteiger partial charge in [-0.25, -0.2) is 9.96 Å². The third-order valence-corrected chi connectivity index (χ3v) is 6.48. The van der Waals surface area contributed by atoms with Crippen LogP contribution in [0.4, 0.5) is 11.4 Å². The van der Waals surface area contributed by atoms with Gasteiger partial charge in [0.2, 0.25) is 5.91 Å².